The molecule has 0 atom stereocenters. The summed E-state index contributed by atoms with van der Waals surface area (Å²) in [5, 5.41) is 2.70. The van der Waals surface area contributed by atoms with E-state index in [9.17, 15) is 18.0 Å². The third-order valence-electron chi connectivity index (χ3n) is 5.07. The van der Waals surface area contributed by atoms with Gasteiger partial charge in [-0.3, -0.25) is 10.1 Å². The Morgan fingerprint density at radius 3 is 2.61 bits per heavy atom. The van der Waals surface area contributed by atoms with Crippen LogP contribution >= 0.6 is 0 Å². The largest absolute Gasteiger partial charge is 0.497 e. The Morgan fingerprint density at radius 1 is 1.12 bits per heavy atom. The summed E-state index contributed by atoms with van der Waals surface area (Å²) in [4.78, 5) is 17.1. The molecule has 4 rings (SSSR count). The first-order valence-corrected chi connectivity index (χ1v) is 9.89. The number of aromatic nitrogens is 2. The van der Waals surface area contributed by atoms with Gasteiger partial charge in [0.1, 0.15) is 17.3 Å². The number of carbonyl (C=O) groups is 1. The summed E-state index contributed by atoms with van der Waals surface area (Å²) in [5.74, 6) is 1.31. The Balaban J connectivity index is 1.66. The average Bonchev–Trinajstić information content (AvgIpc) is 3.41. The predicted octanol–water partition coefficient (Wildman–Crippen LogP) is 4.89. The van der Waals surface area contributed by atoms with Crippen molar-refractivity contribution in [3.8, 4) is 11.5 Å². The Hall–Kier alpha value is -3.95. The summed E-state index contributed by atoms with van der Waals surface area (Å²) < 4.78 is 57.0. The number of ether oxygens (including phenoxy) is 2. The molecule has 1 amide bonds. The highest BCUT2D eigenvalue weighted by molar-refractivity contribution is 5.93. The highest BCUT2D eigenvalue weighted by Gasteiger charge is 2.31. The number of furan rings is 1. The number of hydrogen-bond donors (Lipinski definition) is 1. The van der Waals surface area contributed by atoms with Crippen LogP contribution < -0.4 is 14.8 Å². The molecule has 0 aliphatic carbocycles. The van der Waals surface area contributed by atoms with Gasteiger partial charge >= 0.3 is 6.18 Å². The van der Waals surface area contributed by atoms with Crippen molar-refractivity contribution in [2.45, 2.75) is 19.1 Å². The molecular formula is C23H20F3N3O4. The first-order chi connectivity index (χ1) is 15.8. The number of alkyl halides is 3. The highest BCUT2D eigenvalue weighted by Crippen LogP contribution is 2.32. The fourth-order valence-electron chi connectivity index (χ4n) is 3.46. The molecular weight excluding hydrogens is 439 g/mol. The summed E-state index contributed by atoms with van der Waals surface area (Å²) in [5.41, 5.74) is 0.327. The van der Waals surface area contributed by atoms with Crippen LogP contribution in [0, 0.1) is 0 Å². The maximum atomic E-state index is 13.2. The van der Waals surface area contributed by atoms with E-state index in [1.54, 1.807) is 34.9 Å². The molecule has 0 aliphatic rings. The summed E-state index contributed by atoms with van der Waals surface area (Å²) in [6.07, 6.45) is -3.05. The van der Waals surface area contributed by atoms with E-state index in [-0.39, 0.29) is 24.4 Å². The van der Waals surface area contributed by atoms with E-state index in [0.717, 1.165) is 12.1 Å². The second kappa shape index (κ2) is 8.89. The Kier molecular flexibility index (Phi) is 5.99. The van der Waals surface area contributed by atoms with Gasteiger partial charge in [-0.1, -0.05) is 6.07 Å². The van der Waals surface area contributed by atoms with Gasteiger partial charge in [0.15, 0.2) is 0 Å². The van der Waals surface area contributed by atoms with E-state index in [4.69, 9.17) is 13.9 Å². The van der Waals surface area contributed by atoms with Crippen molar-refractivity contribution in [2.24, 2.45) is 0 Å². The average molecular weight is 459 g/mol. The van der Waals surface area contributed by atoms with Crippen LogP contribution in [0.3, 0.4) is 0 Å². The first kappa shape index (κ1) is 22.3. The highest BCUT2D eigenvalue weighted by atomic mass is 19.4. The summed E-state index contributed by atoms with van der Waals surface area (Å²) in [6.45, 7) is 0.177. The van der Waals surface area contributed by atoms with Gasteiger partial charge in [0, 0.05) is 11.6 Å². The van der Waals surface area contributed by atoms with Gasteiger partial charge in [0.25, 0.3) is 0 Å². The fraction of sp³-hybridized carbons (Fsp3) is 0.217. The fourth-order valence-corrected chi connectivity index (χ4v) is 3.46. The maximum absolute atomic E-state index is 13.2. The molecule has 0 saturated carbocycles. The van der Waals surface area contributed by atoms with Crippen LogP contribution in [0.5, 0.6) is 11.5 Å². The van der Waals surface area contributed by atoms with E-state index < -0.39 is 17.6 Å². The van der Waals surface area contributed by atoms with E-state index in [1.165, 1.54) is 26.5 Å². The maximum Gasteiger partial charge on any atom is 0.416 e. The minimum atomic E-state index is -4.51. The number of carbonyl (C=O) groups excluding carboxylic acids is 1. The molecule has 0 unspecified atom stereocenters. The second-order valence-electron chi connectivity index (χ2n) is 7.20. The molecule has 10 heteroatoms. The zero-order chi connectivity index (χ0) is 23.6. The molecule has 0 spiro atoms. The van der Waals surface area contributed by atoms with Crippen LogP contribution in [-0.4, -0.2) is 29.7 Å². The molecule has 7 nitrogen and oxygen atoms in total. The van der Waals surface area contributed by atoms with E-state index in [2.05, 4.69) is 10.3 Å². The minimum Gasteiger partial charge on any atom is -0.497 e. The zero-order valence-corrected chi connectivity index (χ0v) is 17.8. The van der Waals surface area contributed by atoms with Crippen LogP contribution in [-0.2, 0) is 23.9 Å². The molecule has 0 bridgehead atoms. The monoisotopic (exact) mass is 459 g/mol. The summed E-state index contributed by atoms with van der Waals surface area (Å²) >= 11 is 0. The van der Waals surface area contributed by atoms with Crippen LogP contribution in [0.1, 0.15) is 16.9 Å². The van der Waals surface area contributed by atoms with Crippen molar-refractivity contribution in [1.82, 2.24) is 9.55 Å². The van der Waals surface area contributed by atoms with Gasteiger partial charge in [0.2, 0.25) is 11.9 Å². The Bertz CT molecular complexity index is 1280. The van der Waals surface area contributed by atoms with Gasteiger partial charge in [-0.15, -0.1) is 0 Å². The molecule has 1 N–H and O–H groups in total. The standard InChI is InChI=1S/C23H20F3N3O4/c1-31-16-7-5-14(20(12-16)32-2)10-21(30)28-22-27-18-11-15(23(24,25)26)6-8-19(18)29(22)13-17-4-3-9-33-17/h3-9,11-12H,10,13H2,1-2H3,(H,27,28,30). The number of fused-ring (bicyclic) bond motifs is 1. The number of imidazole rings is 1. The van der Waals surface area contributed by atoms with Crippen LogP contribution in [0.2, 0.25) is 0 Å². The quantitative estimate of drug-likeness (QED) is 0.426. The molecule has 0 saturated heterocycles. The third kappa shape index (κ3) is 4.79. The van der Waals surface area contributed by atoms with Crippen molar-refractivity contribution >= 4 is 22.9 Å². The van der Waals surface area contributed by atoms with Gasteiger partial charge in [-0.2, -0.15) is 13.2 Å². The molecule has 172 valence electrons. The molecule has 2 aromatic heterocycles. The van der Waals surface area contributed by atoms with Crippen molar-refractivity contribution < 1.29 is 31.9 Å². The normalized spacial score (nSPS) is 11.5. The topological polar surface area (TPSA) is 78.5 Å². The lowest BCUT2D eigenvalue weighted by Gasteiger charge is -2.12. The van der Waals surface area contributed by atoms with Crippen molar-refractivity contribution in [3.63, 3.8) is 0 Å². The van der Waals surface area contributed by atoms with Gasteiger partial charge in [-0.05, 0) is 36.4 Å². The number of nitrogens with zero attached hydrogens (tertiary/aromatic N) is 2. The molecule has 0 radical (unpaired) electrons. The molecule has 0 fully saturated rings. The lowest BCUT2D eigenvalue weighted by atomic mass is 10.1. The molecule has 4 aromatic rings. The number of hydrogen-bond acceptors (Lipinski definition) is 5. The van der Waals surface area contributed by atoms with E-state index >= 15 is 0 Å². The number of amides is 1. The van der Waals surface area contributed by atoms with Crippen LogP contribution in [0.4, 0.5) is 19.1 Å². The van der Waals surface area contributed by atoms with Gasteiger partial charge in [-0.25, -0.2) is 4.98 Å². The summed E-state index contributed by atoms with van der Waals surface area (Å²) in [7, 11) is 3.01. The number of methoxy groups -OCH3 is 2. The van der Waals surface area contributed by atoms with Gasteiger partial charge < -0.3 is 18.5 Å². The summed E-state index contributed by atoms with van der Waals surface area (Å²) in [6, 6.07) is 11.8. The number of anilines is 1. The number of nitrogens with one attached hydrogen (secondary N) is 1. The SMILES string of the molecule is COc1ccc(CC(=O)Nc2nc3cc(C(F)(F)F)ccc3n2Cc2ccco2)c(OC)c1. The second-order valence-corrected chi connectivity index (χ2v) is 7.20. The predicted molar refractivity (Wildman–Crippen MR) is 114 cm³/mol. The Labute approximate surface area is 186 Å². The van der Waals surface area contributed by atoms with Crippen molar-refractivity contribution in [1.29, 1.82) is 0 Å². The third-order valence-corrected chi connectivity index (χ3v) is 5.07. The van der Waals surface area contributed by atoms with Crippen molar-refractivity contribution in [3.05, 3.63) is 71.7 Å². The Morgan fingerprint density at radius 2 is 1.94 bits per heavy atom. The molecule has 33 heavy (non-hydrogen) atoms. The molecule has 2 aromatic carbocycles. The lowest BCUT2D eigenvalue weighted by molar-refractivity contribution is -0.137. The zero-order valence-electron chi connectivity index (χ0n) is 17.8. The van der Waals surface area contributed by atoms with E-state index in [0.29, 0.717) is 28.3 Å². The molecule has 0 aliphatic heterocycles. The number of halogens is 3. The lowest BCUT2D eigenvalue weighted by Crippen LogP contribution is -2.18. The first-order valence-electron chi connectivity index (χ1n) is 9.89. The van der Waals surface area contributed by atoms with Crippen molar-refractivity contribution in [2.75, 3.05) is 19.5 Å². The van der Waals surface area contributed by atoms with E-state index in [1.807, 2.05) is 0 Å². The minimum absolute atomic E-state index is 0.0368. The van der Waals surface area contributed by atoms with Crippen LogP contribution in [0.25, 0.3) is 11.0 Å². The number of benzene rings is 2. The van der Waals surface area contributed by atoms with Gasteiger partial charge in [0.05, 0.1) is 50.0 Å². The number of rotatable bonds is 7. The molecule has 2 heterocycles. The van der Waals surface area contributed by atoms with Crippen LogP contribution in [0.15, 0.2) is 59.2 Å². The smallest absolute Gasteiger partial charge is 0.416 e.